The zero-order valence-electron chi connectivity index (χ0n) is 34.8. The van der Waals surface area contributed by atoms with Crippen LogP contribution in [-0.4, -0.2) is 103 Å². The predicted octanol–water partition coefficient (Wildman–Crippen LogP) is 2.53. The van der Waals surface area contributed by atoms with Crippen molar-refractivity contribution in [3.05, 3.63) is 118 Å². The van der Waals surface area contributed by atoms with Gasteiger partial charge in [0.2, 0.25) is 23.6 Å². The fraction of sp³-hybridized carbons (Fsp3) is 0.465. The first-order valence-corrected chi connectivity index (χ1v) is 20.1. The number of carbonyl (C=O) groups is 5. The van der Waals surface area contributed by atoms with E-state index in [2.05, 4.69) is 36.6 Å². The van der Waals surface area contributed by atoms with Crippen molar-refractivity contribution in [1.82, 2.24) is 26.6 Å². The minimum Gasteiger partial charge on any atom is -0.461 e. The van der Waals surface area contributed by atoms with Crippen molar-refractivity contribution in [2.45, 2.75) is 96.4 Å². The van der Waals surface area contributed by atoms with Crippen LogP contribution in [0.3, 0.4) is 0 Å². The molecule has 4 amide bonds. The standard InChI is InChI=1S/C43H58N8O10/c1-29(2)23-34(41(56)49-35(24-31-13-7-4-8-14-31)40(55)45-19-21-59-22-20-46-51-44)48-43(58)37(26-39(54)61-28-33-17-11-6-12-18-33)50-42(57)36(47-30(3)52)25-38(53)60-27-32-15-9-5-10-16-32/h4-18,29,34-37,39,43,48,54,58H,19-28H2,1-3H3,(H,45,55)(H,47,52)(H,49,56)(H,50,57)/t34?,35-,36+,37-,39?,43?/m0/s1. The Bertz CT molecular complexity index is 1830. The molecule has 61 heavy (non-hydrogen) atoms. The number of ether oxygens (including phenoxy) is 3. The molecule has 0 aromatic heterocycles. The van der Waals surface area contributed by atoms with Crippen LogP contribution in [0.2, 0.25) is 0 Å². The van der Waals surface area contributed by atoms with Gasteiger partial charge in [0.05, 0.1) is 38.3 Å². The lowest BCUT2D eigenvalue weighted by atomic mass is 10.00. The Kier molecular flexibility index (Phi) is 22.5. The first-order valence-electron chi connectivity index (χ1n) is 20.1. The summed E-state index contributed by atoms with van der Waals surface area (Å²) in [6.45, 7) is 5.38. The second kappa shape index (κ2) is 27.8. The first-order chi connectivity index (χ1) is 29.3. The minimum atomic E-state index is -1.71. The highest BCUT2D eigenvalue weighted by Crippen LogP contribution is 2.14. The van der Waals surface area contributed by atoms with Crippen molar-refractivity contribution >= 4 is 29.6 Å². The predicted molar refractivity (Wildman–Crippen MR) is 225 cm³/mol. The molecule has 18 nitrogen and oxygen atoms in total. The van der Waals surface area contributed by atoms with Gasteiger partial charge >= 0.3 is 5.97 Å². The fourth-order valence-electron chi connectivity index (χ4n) is 6.02. The summed E-state index contributed by atoms with van der Waals surface area (Å²) < 4.78 is 16.4. The Morgan fingerprint density at radius 3 is 1.90 bits per heavy atom. The third-order valence-corrected chi connectivity index (χ3v) is 9.01. The van der Waals surface area contributed by atoms with E-state index in [9.17, 15) is 34.2 Å². The average molecular weight is 847 g/mol. The highest BCUT2D eigenvalue weighted by Gasteiger charge is 2.34. The number of azide groups is 1. The third kappa shape index (κ3) is 20.3. The molecule has 18 heteroatoms. The summed E-state index contributed by atoms with van der Waals surface area (Å²) in [4.78, 5) is 69.0. The number of hydrogen-bond donors (Lipinski definition) is 7. The van der Waals surface area contributed by atoms with Crippen molar-refractivity contribution < 1.29 is 48.4 Å². The normalized spacial score (nSPS) is 13.9. The van der Waals surface area contributed by atoms with E-state index in [0.717, 1.165) is 11.1 Å². The molecule has 0 aliphatic carbocycles. The van der Waals surface area contributed by atoms with Gasteiger partial charge in [0, 0.05) is 37.8 Å². The van der Waals surface area contributed by atoms with Gasteiger partial charge in [-0.3, -0.25) is 29.3 Å². The number of aliphatic hydroxyl groups excluding tert-OH is 2. The van der Waals surface area contributed by atoms with E-state index >= 15 is 0 Å². The molecule has 330 valence electrons. The second-order valence-electron chi connectivity index (χ2n) is 14.6. The number of nitrogens with one attached hydrogen (secondary N) is 5. The van der Waals surface area contributed by atoms with E-state index in [4.69, 9.17) is 19.7 Å². The van der Waals surface area contributed by atoms with Gasteiger partial charge in [-0.1, -0.05) is 110 Å². The summed E-state index contributed by atoms with van der Waals surface area (Å²) in [6.07, 6.45) is -3.87. The molecule has 0 radical (unpaired) electrons. The number of esters is 1. The molecule has 0 bridgehead atoms. The maximum Gasteiger partial charge on any atom is 0.308 e. The number of hydrogen-bond acceptors (Lipinski definition) is 12. The summed E-state index contributed by atoms with van der Waals surface area (Å²) in [5, 5.41) is 39.6. The fourth-order valence-corrected chi connectivity index (χ4v) is 6.02. The maximum absolute atomic E-state index is 14.0. The van der Waals surface area contributed by atoms with Gasteiger partial charge in [-0.05, 0) is 34.6 Å². The van der Waals surface area contributed by atoms with Crippen LogP contribution in [0.4, 0.5) is 0 Å². The topological polar surface area (TPSA) is 262 Å². The summed E-state index contributed by atoms with van der Waals surface area (Å²) in [7, 11) is 0. The number of benzene rings is 3. The Morgan fingerprint density at radius 1 is 0.721 bits per heavy atom. The average Bonchev–Trinajstić information content (AvgIpc) is 3.24. The van der Waals surface area contributed by atoms with E-state index in [1.165, 1.54) is 6.92 Å². The van der Waals surface area contributed by atoms with Crippen molar-refractivity contribution in [2.24, 2.45) is 11.0 Å². The molecule has 0 saturated carbocycles. The van der Waals surface area contributed by atoms with Gasteiger partial charge in [-0.15, -0.1) is 0 Å². The molecule has 0 aliphatic heterocycles. The molecule has 0 spiro atoms. The molecule has 0 fully saturated rings. The van der Waals surface area contributed by atoms with E-state index in [0.29, 0.717) is 5.56 Å². The smallest absolute Gasteiger partial charge is 0.308 e. The van der Waals surface area contributed by atoms with Crippen LogP contribution in [0, 0.1) is 5.92 Å². The first kappa shape index (κ1) is 49.5. The Hall–Kier alpha value is -5.88. The lowest BCUT2D eigenvalue weighted by Crippen LogP contribution is -2.61. The van der Waals surface area contributed by atoms with Crippen LogP contribution < -0.4 is 26.6 Å². The largest absolute Gasteiger partial charge is 0.461 e. The van der Waals surface area contributed by atoms with Gasteiger partial charge < -0.3 is 45.7 Å². The summed E-state index contributed by atoms with van der Waals surface area (Å²) in [6, 6.07) is 22.0. The third-order valence-electron chi connectivity index (χ3n) is 9.01. The van der Waals surface area contributed by atoms with Crippen LogP contribution in [0.15, 0.2) is 96.1 Å². The lowest BCUT2D eigenvalue weighted by Gasteiger charge is -2.32. The van der Waals surface area contributed by atoms with Crippen LogP contribution >= 0.6 is 0 Å². The molecule has 0 heterocycles. The van der Waals surface area contributed by atoms with E-state index in [-0.39, 0.29) is 58.3 Å². The lowest BCUT2D eigenvalue weighted by molar-refractivity contribution is -0.148. The molecule has 0 saturated heterocycles. The van der Waals surface area contributed by atoms with Crippen molar-refractivity contribution in [3.63, 3.8) is 0 Å². The molecule has 0 aliphatic rings. The van der Waals surface area contributed by atoms with Crippen LogP contribution in [0.25, 0.3) is 10.4 Å². The zero-order valence-corrected chi connectivity index (χ0v) is 34.8. The minimum absolute atomic E-state index is 0.000906. The monoisotopic (exact) mass is 846 g/mol. The van der Waals surface area contributed by atoms with Gasteiger partial charge in [0.25, 0.3) is 0 Å². The Morgan fingerprint density at radius 2 is 1.31 bits per heavy atom. The number of carbonyl (C=O) groups excluding carboxylic acids is 5. The molecule has 3 aromatic rings. The quantitative estimate of drug-likeness (QED) is 0.0140. The SMILES string of the molecule is CC(=O)N[C@H](CC(=O)OCc1ccccc1)C(=O)N[C@@H](CC(O)OCc1ccccc1)C(O)NC(CC(C)C)C(=O)N[C@@H](Cc1ccccc1)C(=O)NCCOCCN=[N+]=[N-]. The second-order valence-corrected chi connectivity index (χ2v) is 14.6. The van der Waals surface area contributed by atoms with E-state index in [1.54, 1.807) is 60.7 Å². The van der Waals surface area contributed by atoms with Gasteiger partial charge in [0.15, 0.2) is 6.29 Å². The zero-order chi connectivity index (χ0) is 44.4. The van der Waals surface area contributed by atoms with Crippen LogP contribution in [-0.2, 0) is 57.8 Å². The van der Waals surface area contributed by atoms with E-state index < -0.39 is 79.1 Å². The van der Waals surface area contributed by atoms with Gasteiger partial charge in [-0.2, -0.15) is 0 Å². The van der Waals surface area contributed by atoms with Crippen molar-refractivity contribution in [1.29, 1.82) is 0 Å². The molecule has 7 N–H and O–H groups in total. The molecule has 3 aromatic carbocycles. The summed E-state index contributed by atoms with van der Waals surface area (Å²) in [5.41, 5.74) is 10.7. The summed E-state index contributed by atoms with van der Waals surface area (Å²) >= 11 is 0. The van der Waals surface area contributed by atoms with Crippen LogP contribution in [0.1, 0.15) is 56.7 Å². The van der Waals surface area contributed by atoms with Crippen molar-refractivity contribution in [3.8, 4) is 0 Å². The molecular formula is C43H58N8O10. The number of amides is 4. The highest BCUT2D eigenvalue weighted by molar-refractivity contribution is 5.91. The Balaban J connectivity index is 1.81. The number of rotatable bonds is 28. The molecular weight excluding hydrogens is 789 g/mol. The number of nitrogens with zero attached hydrogens (tertiary/aromatic N) is 3. The molecule has 3 rings (SSSR count). The molecule has 6 atom stereocenters. The van der Waals surface area contributed by atoms with Crippen molar-refractivity contribution in [2.75, 3.05) is 26.3 Å². The van der Waals surface area contributed by atoms with Crippen LogP contribution in [0.5, 0.6) is 0 Å². The number of aliphatic hydroxyl groups is 2. The van der Waals surface area contributed by atoms with E-state index in [1.807, 2.05) is 44.2 Å². The van der Waals surface area contributed by atoms with Gasteiger partial charge in [-0.25, -0.2) is 0 Å². The summed E-state index contributed by atoms with van der Waals surface area (Å²) in [5.74, 6) is -3.48. The molecule has 3 unspecified atom stereocenters. The van der Waals surface area contributed by atoms with Gasteiger partial charge in [0.1, 0.15) is 24.9 Å². The Labute approximate surface area is 355 Å². The highest BCUT2D eigenvalue weighted by atomic mass is 16.6. The maximum atomic E-state index is 14.0.